The summed E-state index contributed by atoms with van der Waals surface area (Å²) in [6.45, 7) is 0. The molecule has 0 radical (unpaired) electrons. The Balaban J connectivity index is 2.76. The summed E-state index contributed by atoms with van der Waals surface area (Å²) >= 11 is 0. The van der Waals surface area contributed by atoms with Crippen LogP contribution in [0.1, 0.15) is 0 Å². The summed E-state index contributed by atoms with van der Waals surface area (Å²) in [5, 5.41) is 0.861. The van der Waals surface area contributed by atoms with Gasteiger partial charge in [-0.3, -0.25) is 4.79 Å². The van der Waals surface area contributed by atoms with Crippen LogP contribution in [0.4, 0.5) is 5.88 Å². The molecule has 1 amide bonds. The highest BCUT2D eigenvalue weighted by atomic mass is 16.4. The third kappa shape index (κ3) is 1.09. The molecule has 0 unspecified atom stereocenters. The first-order valence-electron chi connectivity index (χ1n) is 2.37. The molecule has 4 nitrogen and oxygen atoms in total. The molecule has 4 heteroatoms. The molecule has 2 N–H and O–H groups in total. The topological polar surface area (TPSA) is 59.5 Å². The number of hydrazine groups is 1. The molecule has 0 aliphatic carbocycles. The highest BCUT2D eigenvalue weighted by Crippen LogP contribution is 2.07. The number of amides is 1. The third-order valence-electron chi connectivity index (χ3n) is 0.874. The second kappa shape index (κ2) is 2.32. The van der Waals surface area contributed by atoms with Crippen molar-refractivity contribution in [2.24, 2.45) is 5.84 Å². The monoisotopic (exact) mass is 126 g/mol. The summed E-state index contributed by atoms with van der Waals surface area (Å²) in [6.07, 6.45) is 1.91. The van der Waals surface area contributed by atoms with Gasteiger partial charge in [0.15, 0.2) is 0 Å². The van der Waals surface area contributed by atoms with E-state index in [4.69, 9.17) is 10.3 Å². The molecular formula is C5H6N2O2. The molecule has 0 spiro atoms. The van der Waals surface area contributed by atoms with Crippen LogP contribution in [0.2, 0.25) is 0 Å². The molecule has 0 saturated heterocycles. The van der Waals surface area contributed by atoms with Crippen molar-refractivity contribution in [3.05, 3.63) is 18.4 Å². The standard InChI is InChI=1S/C5H6N2O2/c6-7(4-8)5-2-1-3-9-5/h1-4H,6H2. The lowest BCUT2D eigenvalue weighted by molar-refractivity contribution is -0.107. The minimum atomic E-state index is 0.338. The van der Waals surface area contributed by atoms with E-state index in [-0.39, 0.29) is 0 Å². The average molecular weight is 126 g/mol. The van der Waals surface area contributed by atoms with Crippen molar-refractivity contribution in [3.63, 3.8) is 0 Å². The molecule has 0 aliphatic rings. The lowest BCUT2D eigenvalue weighted by Crippen LogP contribution is -2.28. The van der Waals surface area contributed by atoms with Gasteiger partial charge in [0.2, 0.25) is 12.3 Å². The predicted octanol–water partition coefficient (Wildman–Crippen LogP) is 0.116. The van der Waals surface area contributed by atoms with Crippen molar-refractivity contribution < 1.29 is 9.21 Å². The smallest absolute Gasteiger partial charge is 0.230 e. The van der Waals surface area contributed by atoms with Gasteiger partial charge >= 0.3 is 0 Å². The maximum Gasteiger partial charge on any atom is 0.230 e. The van der Waals surface area contributed by atoms with E-state index in [0.717, 1.165) is 5.01 Å². The first-order valence-corrected chi connectivity index (χ1v) is 2.37. The third-order valence-corrected chi connectivity index (χ3v) is 0.874. The minimum absolute atomic E-state index is 0.338. The first kappa shape index (κ1) is 5.84. The van der Waals surface area contributed by atoms with Crippen LogP contribution in [-0.2, 0) is 4.79 Å². The molecule has 1 aromatic heterocycles. The molecule has 1 heterocycles. The van der Waals surface area contributed by atoms with Gasteiger partial charge in [-0.15, -0.1) is 0 Å². The molecule has 0 fully saturated rings. The second-order valence-electron chi connectivity index (χ2n) is 1.46. The molecule has 0 saturated carbocycles. The zero-order valence-electron chi connectivity index (χ0n) is 4.65. The van der Waals surface area contributed by atoms with Gasteiger partial charge in [-0.25, -0.2) is 10.9 Å². The number of hydrogen-bond acceptors (Lipinski definition) is 3. The Labute approximate surface area is 51.8 Å². The fourth-order valence-electron chi connectivity index (χ4n) is 0.469. The van der Waals surface area contributed by atoms with Gasteiger partial charge in [0, 0.05) is 6.07 Å². The number of carbonyl (C=O) groups excluding carboxylic acids is 1. The number of nitrogens with two attached hydrogens (primary N) is 1. The Kier molecular flexibility index (Phi) is 1.51. The molecule has 9 heavy (non-hydrogen) atoms. The van der Waals surface area contributed by atoms with Gasteiger partial charge in [-0.1, -0.05) is 0 Å². The van der Waals surface area contributed by atoms with Crippen molar-refractivity contribution in [2.45, 2.75) is 0 Å². The van der Waals surface area contributed by atoms with Crippen LogP contribution in [0.15, 0.2) is 22.8 Å². The Morgan fingerprint density at radius 3 is 3.00 bits per heavy atom. The van der Waals surface area contributed by atoms with E-state index >= 15 is 0 Å². The van der Waals surface area contributed by atoms with Gasteiger partial charge in [0.1, 0.15) is 0 Å². The highest BCUT2D eigenvalue weighted by molar-refractivity contribution is 5.69. The van der Waals surface area contributed by atoms with Crippen molar-refractivity contribution >= 4 is 12.3 Å². The fraction of sp³-hybridized carbons (Fsp3) is 0. The number of furan rings is 1. The largest absolute Gasteiger partial charge is 0.447 e. The van der Waals surface area contributed by atoms with Crippen LogP contribution < -0.4 is 10.9 Å². The molecule has 1 aromatic rings. The summed E-state index contributed by atoms with van der Waals surface area (Å²) in [6, 6.07) is 3.24. The van der Waals surface area contributed by atoms with E-state index < -0.39 is 0 Å². The highest BCUT2D eigenvalue weighted by Gasteiger charge is 1.98. The van der Waals surface area contributed by atoms with Crippen molar-refractivity contribution in [1.82, 2.24) is 0 Å². The fourth-order valence-corrected chi connectivity index (χ4v) is 0.469. The quantitative estimate of drug-likeness (QED) is 0.265. The van der Waals surface area contributed by atoms with Gasteiger partial charge in [0.25, 0.3) is 0 Å². The van der Waals surface area contributed by atoms with Crippen molar-refractivity contribution in [3.8, 4) is 0 Å². The zero-order valence-corrected chi connectivity index (χ0v) is 4.65. The maximum atomic E-state index is 9.94. The van der Waals surface area contributed by atoms with Crippen LogP contribution in [-0.4, -0.2) is 6.41 Å². The van der Waals surface area contributed by atoms with Crippen LogP contribution in [0.5, 0.6) is 0 Å². The summed E-state index contributed by atoms with van der Waals surface area (Å²) < 4.78 is 4.76. The van der Waals surface area contributed by atoms with Crippen molar-refractivity contribution in [2.75, 3.05) is 5.01 Å². The number of carbonyl (C=O) groups is 1. The van der Waals surface area contributed by atoms with Crippen LogP contribution in [0.25, 0.3) is 0 Å². The van der Waals surface area contributed by atoms with E-state index in [1.165, 1.54) is 6.26 Å². The van der Waals surface area contributed by atoms with E-state index in [0.29, 0.717) is 12.3 Å². The lowest BCUT2D eigenvalue weighted by Gasteiger charge is -2.02. The minimum Gasteiger partial charge on any atom is -0.447 e. The summed E-state index contributed by atoms with van der Waals surface area (Å²) in [7, 11) is 0. The molecule has 0 aliphatic heterocycles. The van der Waals surface area contributed by atoms with Gasteiger partial charge < -0.3 is 4.42 Å². The van der Waals surface area contributed by atoms with E-state index in [2.05, 4.69) is 0 Å². The van der Waals surface area contributed by atoms with Crippen LogP contribution >= 0.6 is 0 Å². The average Bonchev–Trinajstić information content (AvgIpc) is 2.37. The molecular weight excluding hydrogens is 120 g/mol. The van der Waals surface area contributed by atoms with Crippen molar-refractivity contribution in [1.29, 1.82) is 0 Å². The maximum absolute atomic E-state index is 9.94. The molecule has 48 valence electrons. The molecule has 1 rings (SSSR count). The van der Waals surface area contributed by atoms with Gasteiger partial charge in [-0.05, 0) is 6.07 Å². The summed E-state index contributed by atoms with van der Waals surface area (Å²) in [5.74, 6) is 5.45. The molecule has 0 aromatic carbocycles. The van der Waals surface area contributed by atoms with E-state index in [1.807, 2.05) is 0 Å². The Morgan fingerprint density at radius 1 is 1.78 bits per heavy atom. The number of rotatable bonds is 2. The summed E-state index contributed by atoms with van der Waals surface area (Å²) in [5.41, 5.74) is 0. The van der Waals surface area contributed by atoms with E-state index in [9.17, 15) is 4.79 Å². The predicted molar refractivity (Wildman–Crippen MR) is 31.4 cm³/mol. The first-order chi connectivity index (χ1) is 4.34. The SMILES string of the molecule is NN(C=O)c1ccco1. The Bertz CT molecular complexity index is 183. The number of nitrogens with zero attached hydrogens (tertiary/aromatic N) is 1. The van der Waals surface area contributed by atoms with Gasteiger partial charge in [-0.2, -0.15) is 0 Å². The summed E-state index contributed by atoms with van der Waals surface area (Å²) in [4.78, 5) is 9.94. The zero-order chi connectivity index (χ0) is 6.69. The normalized spacial score (nSPS) is 9.00. The van der Waals surface area contributed by atoms with Crippen LogP contribution in [0.3, 0.4) is 0 Å². The lowest BCUT2D eigenvalue weighted by atomic mass is 10.6. The second-order valence-corrected chi connectivity index (χ2v) is 1.46. The molecule has 0 bridgehead atoms. The van der Waals surface area contributed by atoms with Crippen LogP contribution in [0, 0.1) is 0 Å². The molecule has 0 atom stereocenters. The Morgan fingerprint density at radius 2 is 2.56 bits per heavy atom. The van der Waals surface area contributed by atoms with E-state index in [1.54, 1.807) is 12.1 Å². The number of hydrogen-bond donors (Lipinski definition) is 1. The van der Waals surface area contributed by atoms with Gasteiger partial charge in [0.05, 0.1) is 6.26 Å². The number of anilines is 1. The Hall–Kier alpha value is -1.29.